The molecule has 0 bridgehead atoms. The van der Waals surface area contributed by atoms with E-state index in [0.717, 1.165) is 6.26 Å². The lowest BCUT2D eigenvalue weighted by atomic mass is 10.3. The first-order valence-corrected chi connectivity index (χ1v) is 6.93. The Morgan fingerprint density at radius 3 is 2.76 bits per heavy atom. The molecule has 0 atom stereocenters. The van der Waals surface area contributed by atoms with Gasteiger partial charge >= 0.3 is 5.97 Å². The van der Waals surface area contributed by atoms with Crippen LogP contribution in [0.5, 0.6) is 5.75 Å². The average molecular weight is 259 g/mol. The summed E-state index contributed by atoms with van der Waals surface area (Å²) in [4.78, 5) is 14.3. The Morgan fingerprint density at radius 2 is 2.18 bits per heavy atom. The van der Waals surface area contributed by atoms with Gasteiger partial charge in [-0.1, -0.05) is 0 Å². The normalized spacial score (nSPS) is 11.1. The van der Waals surface area contributed by atoms with Crippen molar-refractivity contribution in [2.24, 2.45) is 0 Å². The molecule has 17 heavy (non-hydrogen) atoms. The molecule has 0 fully saturated rings. The Morgan fingerprint density at radius 1 is 1.47 bits per heavy atom. The van der Waals surface area contributed by atoms with E-state index in [4.69, 9.17) is 9.84 Å². The second-order valence-electron chi connectivity index (χ2n) is 3.55. The largest absolute Gasteiger partial charge is 0.492 e. The minimum absolute atomic E-state index is 0.0330. The highest BCUT2D eigenvalue weighted by atomic mass is 32.2. The molecule has 94 valence electrons. The van der Waals surface area contributed by atoms with Crippen molar-refractivity contribution in [3.05, 3.63) is 24.0 Å². The number of carboxylic acids is 1. The molecule has 1 heterocycles. The number of pyridine rings is 1. The van der Waals surface area contributed by atoms with Crippen molar-refractivity contribution >= 4 is 15.8 Å². The van der Waals surface area contributed by atoms with Gasteiger partial charge in [-0.15, -0.1) is 0 Å². The van der Waals surface area contributed by atoms with E-state index in [0.29, 0.717) is 12.2 Å². The van der Waals surface area contributed by atoms with Crippen molar-refractivity contribution in [3.8, 4) is 5.75 Å². The quantitative estimate of drug-likeness (QED) is 0.751. The van der Waals surface area contributed by atoms with Crippen LogP contribution in [0, 0.1) is 0 Å². The Kier molecular flexibility index (Phi) is 4.45. The number of aromatic carboxylic acids is 1. The van der Waals surface area contributed by atoms with Crippen molar-refractivity contribution in [1.29, 1.82) is 0 Å². The average Bonchev–Trinajstić information content (AvgIpc) is 2.23. The van der Waals surface area contributed by atoms with Gasteiger partial charge in [-0.25, -0.2) is 13.2 Å². The molecule has 0 spiro atoms. The van der Waals surface area contributed by atoms with Crippen molar-refractivity contribution < 1.29 is 23.1 Å². The van der Waals surface area contributed by atoms with E-state index in [1.807, 2.05) is 0 Å². The van der Waals surface area contributed by atoms with Gasteiger partial charge in [0.1, 0.15) is 15.6 Å². The number of nitrogens with zero attached hydrogens (tertiary/aromatic N) is 1. The number of sulfone groups is 1. The predicted molar refractivity (Wildman–Crippen MR) is 61.0 cm³/mol. The second-order valence-corrected chi connectivity index (χ2v) is 5.81. The number of hydrogen-bond donors (Lipinski definition) is 1. The molecule has 1 aromatic rings. The van der Waals surface area contributed by atoms with Gasteiger partial charge in [-0.05, 0) is 12.5 Å². The topological polar surface area (TPSA) is 93.6 Å². The first-order chi connectivity index (χ1) is 7.88. The fourth-order valence-corrected chi connectivity index (χ4v) is 1.77. The van der Waals surface area contributed by atoms with E-state index in [9.17, 15) is 13.2 Å². The van der Waals surface area contributed by atoms with Gasteiger partial charge < -0.3 is 9.84 Å². The summed E-state index contributed by atoms with van der Waals surface area (Å²) in [6.45, 7) is 0.206. The summed E-state index contributed by atoms with van der Waals surface area (Å²) in [6.07, 6.45) is 4.11. The lowest BCUT2D eigenvalue weighted by Crippen LogP contribution is -2.08. The maximum absolute atomic E-state index is 10.8. The van der Waals surface area contributed by atoms with Crippen LogP contribution in [0.2, 0.25) is 0 Å². The Labute approximate surface area is 99.2 Å². The van der Waals surface area contributed by atoms with Crippen LogP contribution < -0.4 is 4.74 Å². The third-order valence-corrected chi connectivity index (χ3v) is 2.92. The number of carbonyl (C=O) groups is 1. The molecular weight excluding hydrogens is 246 g/mol. The van der Waals surface area contributed by atoms with Crippen molar-refractivity contribution in [1.82, 2.24) is 4.98 Å². The lowest BCUT2D eigenvalue weighted by Gasteiger charge is -2.05. The molecule has 0 radical (unpaired) electrons. The van der Waals surface area contributed by atoms with Crippen LogP contribution in [0.25, 0.3) is 0 Å². The van der Waals surface area contributed by atoms with Crippen LogP contribution in [-0.2, 0) is 9.84 Å². The molecule has 0 aliphatic rings. The maximum atomic E-state index is 10.8. The Hall–Kier alpha value is -1.63. The van der Waals surface area contributed by atoms with E-state index < -0.39 is 15.8 Å². The summed E-state index contributed by atoms with van der Waals surface area (Å²) in [7, 11) is -2.99. The number of aromatic nitrogens is 1. The molecule has 0 saturated carbocycles. The first kappa shape index (κ1) is 13.4. The highest BCUT2D eigenvalue weighted by molar-refractivity contribution is 7.90. The standard InChI is InChI=1S/C10H13NO5S/c1-17(14,15)4-2-3-16-9-5-8(10(12)13)6-11-7-9/h5-7H,2-4H2,1H3,(H,12,13). The maximum Gasteiger partial charge on any atom is 0.337 e. The van der Waals surface area contributed by atoms with Crippen LogP contribution in [0.15, 0.2) is 18.5 Å². The molecule has 6 nitrogen and oxygen atoms in total. The summed E-state index contributed by atoms with van der Waals surface area (Å²) >= 11 is 0. The molecule has 0 amide bonds. The number of carboxylic acid groups (broad SMARTS) is 1. The highest BCUT2D eigenvalue weighted by Gasteiger charge is 2.05. The highest BCUT2D eigenvalue weighted by Crippen LogP contribution is 2.11. The van der Waals surface area contributed by atoms with Gasteiger partial charge in [0.2, 0.25) is 0 Å². The van der Waals surface area contributed by atoms with Gasteiger partial charge in [-0.3, -0.25) is 4.98 Å². The molecule has 0 aliphatic heterocycles. The molecule has 0 unspecified atom stereocenters. The fraction of sp³-hybridized carbons (Fsp3) is 0.400. The summed E-state index contributed by atoms with van der Waals surface area (Å²) in [6, 6.07) is 1.34. The minimum Gasteiger partial charge on any atom is -0.492 e. The number of rotatable bonds is 6. The molecule has 1 rings (SSSR count). The molecule has 0 saturated heterocycles. The van der Waals surface area contributed by atoms with E-state index >= 15 is 0 Å². The molecule has 0 aromatic carbocycles. The third-order valence-electron chi connectivity index (χ3n) is 1.89. The molecule has 7 heteroatoms. The number of ether oxygens (including phenoxy) is 1. The predicted octanol–water partition coefficient (Wildman–Crippen LogP) is 0.593. The Bertz CT molecular complexity index is 497. The van der Waals surface area contributed by atoms with Gasteiger partial charge in [0.25, 0.3) is 0 Å². The van der Waals surface area contributed by atoms with Crippen molar-refractivity contribution in [2.45, 2.75) is 6.42 Å². The zero-order valence-corrected chi connectivity index (χ0v) is 10.1. The molecule has 1 N–H and O–H groups in total. The third kappa shape index (κ3) is 5.30. The van der Waals surface area contributed by atoms with Crippen molar-refractivity contribution in [2.75, 3.05) is 18.6 Å². The summed E-state index contributed by atoms with van der Waals surface area (Å²) < 4.78 is 26.9. The second kappa shape index (κ2) is 5.62. The van der Waals surface area contributed by atoms with Crippen LogP contribution in [0.3, 0.4) is 0 Å². The zero-order valence-electron chi connectivity index (χ0n) is 9.29. The minimum atomic E-state index is -2.99. The number of hydrogen-bond acceptors (Lipinski definition) is 5. The lowest BCUT2D eigenvalue weighted by molar-refractivity contribution is 0.0696. The molecule has 0 aliphatic carbocycles. The van der Waals surface area contributed by atoms with Crippen LogP contribution >= 0.6 is 0 Å². The van der Waals surface area contributed by atoms with Crippen molar-refractivity contribution in [3.63, 3.8) is 0 Å². The van der Waals surface area contributed by atoms with Gasteiger partial charge in [-0.2, -0.15) is 0 Å². The SMILES string of the molecule is CS(=O)(=O)CCCOc1cncc(C(=O)O)c1. The summed E-state index contributed by atoms with van der Waals surface area (Å²) in [5, 5.41) is 8.71. The Balaban J connectivity index is 2.47. The van der Waals surface area contributed by atoms with Crippen LogP contribution in [-0.4, -0.2) is 43.1 Å². The summed E-state index contributed by atoms with van der Waals surface area (Å²) in [5.74, 6) is -0.725. The molecular formula is C10H13NO5S. The first-order valence-electron chi connectivity index (χ1n) is 4.87. The van der Waals surface area contributed by atoms with E-state index in [1.165, 1.54) is 18.5 Å². The molecule has 1 aromatic heterocycles. The van der Waals surface area contributed by atoms with E-state index in [1.54, 1.807) is 0 Å². The summed E-state index contributed by atoms with van der Waals surface area (Å²) in [5.41, 5.74) is 0.0330. The van der Waals surface area contributed by atoms with Gasteiger partial charge in [0, 0.05) is 12.5 Å². The van der Waals surface area contributed by atoms with Gasteiger partial charge in [0.15, 0.2) is 0 Å². The monoisotopic (exact) mass is 259 g/mol. The van der Waals surface area contributed by atoms with Gasteiger partial charge in [0.05, 0.1) is 24.1 Å². The fourth-order valence-electron chi connectivity index (χ4n) is 1.13. The van der Waals surface area contributed by atoms with Crippen LogP contribution in [0.4, 0.5) is 0 Å². The van der Waals surface area contributed by atoms with E-state index in [2.05, 4.69) is 4.98 Å². The smallest absolute Gasteiger partial charge is 0.337 e. The van der Waals surface area contributed by atoms with E-state index in [-0.39, 0.29) is 17.9 Å². The zero-order chi connectivity index (χ0) is 12.9. The van der Waals surface area contributed by atoms with Crippen LogP contribution in [0.1, 0.15) is 16.8 Å².